The van der Waals surface area contributed by atoms with Gasteiger partial charge >= 0.3 is 177 Å². The third kappa shape index (κ3) is 23.2. The normalized spacial score (nSPS) is 10.2. The number of benzene rings is 4. The molecule has 0 saturated carbocycles. The molecule has 0 saturated heterocycles. The quantitative estimate of drug-likeness (QED) is 0.0109. The van der Waals surface area contributed by atoms with Crippen LogP contribution in [0, 0.1) is 0 Å². The number of aromatic nitrogens is 6. The van der Waals surface area contributed by atoms with Gasteiger partial charge in [0.25, 0.3) is 0 Å². The average Bonchev–Trinajstić information content (AvgIpc) is 3.27. The van der Waals surface area contributed by atoms with Crippen LogP contribution in [0.5, 0.6) is 0 Å². The zero-order valence-electron chi connectivity index (χ0n) is 40.3. The van der Waals surface area contributed by atoms with E-state index in [1.54, 1.807) is 60.7 Å². The summed E-state index contributed by atoms with van der Waals surface area (Å²) in [5.41, 5.74) is 1.25. The summed E-state index contributed by atoms with van der Waals surface area (Å²) in [6.07, 6.45) is 2.61. The molecule has 6 rings (SSSR count). The second-order valence-corrected chi connectivity index (χ2v) is 15.6. The Bertz CT molecular complexity index is 2940. The van der Waals surface area contributed by atoms with Crippen LogP contribution in [0.4, 0.5) is 58.4 Å². The molecule has 0 fully saturated rings. The summed E-state index contributed by atoms with van der Waals surface area (Å²) in [6.45, 7) is -3.79. The Morgan fingerprint density at radius 2 is 0.865 bits per heavy atom. The summed E-state index contributed by atoms with van der Waals surface area (Å²) in [5, 5.41) is 71.7. The number of hydrogen-bond acceptors (Lipinski definition) is 27. The Labute approximate surface area is 558 Å². The molecule has 0 spiro atoms. The number of rotatable bonds is 24. The molecule has 0 unspecified atom stereocenters. The number of hydrogen-bond donors (Lipinski definition) is 4. The standard InChI is InChI=1S/C40H36N12O14S2.6Na/c53-31(54)19-51(20-32(55)56)39-47-35(41-25-7-3-1-4-8-25)45-37(49-39)43-27-15-13-23(29(17-27)67-66-65-61)11-12-24-14-16-28(18-30(24)68(62,63)64)44-38-46-36(42-26-9-5-2-6-10-26)48-40(50-38)52(21-33(57)58)22-34(59)60;;;;;;/h1-18,61H,19-22H2,(H,53,54)(H,55,56)(H,57,58)(H,59,60)(H,62,63,64)(H2,41,43,45,47,49)(H2,42,44,46,48,50);;;;;;/q;6*+1/p-6/b12-11+;;;;;;. The minimum atomic E-state index is -5.22. The summed E-state index contributed by atoms with van der Waals surface area (Å²) in [5.74, 6) is -8.37. The smallest absolute Gasteiger partial charge is 0.744 e. The van der Waals surface area contributed by atoms with Crippen molar-refractivity contribution in [2.24, 2.45) is 0 Å². The van der Waals surface area contributed by atoms with Crippen LogP contribution in [-0.4, -0.2) is 92.9 Å². The number of carboxylic acid groups (broad SMARTS) is 4. The van der Waals surface area contributed by atoms with E-state index in [1.807, 2.05) is 0 Å². The van der Waals surface area contributed by atoms with E-state index in [0.717, 1.165) is 15.9 Å². The molecule has 0 bridgehead atoms. The number of carbonyl (C=O) groups is 4. The third-order valence-electron chi connectivity index (χ3n) is 8.56. The SMILES string of the molecule is O=C([O-])CN(CC(=O)[O-])c1nc(Nc2ccccc2)nc(Nc2ccc(/C=C/c3ccc(Nc4nc(Nc5ccccc5)nc(N(CC(=O)[O-])CC(=O)[O-])n4)cc3S(=O)(=O)[O-])c(SOO[O-])c2)n1.[Na+].[Na+].[Na+].[Na+].[Na+].[Na+]. The first-order valence-corrected chi connectivity index (χ1v) is 21.2. The van der Waals surface area contributed by atoms with Gasteiger partial charge in [-0.15, -0.1) is 0 Å². The van der Waals surface area contributed by atoms with Crippen molar-refractivity contribution in [1.29, 1.82) is 0 Å². The Morgan fingerprint density at radius 1 is 0.514 bits per heavy atom. The third-order valence-corrected chi connectivity index (χ3v) is 10.1. The van der Waals surface area contributed by atoms with E-state index in [9.17, 15) is 57.8 Å². The van der Waals surface area contributed by atoms with Crippen LogP contribution in [0.25, 0.3) is 12.2 Å². The van der Waals surface area contributed by atoms with Crippen LogP contribution in [0.1, 0.15) is 11.1 Å². The molecule has 0 aliphatic heterocycles. The molecule has 2 heterocycles. The molecule has 6 aromatic rings. The Hall–Kier alpha value is -2.54. The van der Waals surface area contributed by atoms with Crippen molar-refractivity contribution in [1.82, 2.24) is 29.9 Å². The van der Waals surface area contributed by atoms with Crippen molar-refractivity contribution in [2.45, 2.75) is 9.79 Å². The monoisotopic (exact) mass is 1100 g/mol. The van der Waals surface area contributed by atoms with Gasteiger partial charge in [0, 0.05) is 27.6 Å². The average molecular weight is 1100 g/mol. The molecule has 0 radical (unpaired) electrons. The molecule has 352 valence electrons. The van der Waals surface area contributed by atoms with Crippen molar-refractivity contribution >= 4 is 117 Å². The van der Waals surface area contributed by atoms with E-state index in [0.29, 0.717) is 23.4 Å². The van der Waals surface area contributed by atoms with Crippen LogP contribution in [-0.2, 0) is 38.7 Å². The maximum absolute atomic E-state index is 12.6. The van der Waals surface area contributed by atoms with Gasteiger partial charge in [-0.2, -0.15) is 34.2 Å². The molecule has 4 aromatic carbocycles. The number of para-hydroxylation sites is 2. The van der Waals surface area contributed by atoms with Gasteiger partial charge in [0.2, 0.25) is 35.7 Å². The van der Waals surface area contributed by atoms with E-state index in [2.05, 4.69) is 60.5 Å². The predicted octanol–water partition coefficient (Wildman–Crippen LogP) is -20.0. The first-order valence-electron chi connectivity index (χ1n) is 19.1. The number of carbonyl (C=O) groups excluding carboxylic acids is 4. The number of anilines is 10. The minimum absolute atomic E-state index is 0. The maximum atomic E-state index is 12.6. The Kier molecular flexibility index (Phi) is 33.9. The van der Waals surface area contributed by atoms with Gasteiger partial charge in [0.15, 0.2) is 0 Å². The van der Waals surface area contributed by atoms with E-state index in [-0.39, 0.29) is 229 Å². The fourth-order valence-corrected chi connectivity index (χ4v) is 7.04. The fourth-order valence-electron chi connectivity index (χ4n) is 5.83. The van der Waals surface area contributed by atoms with Gasteiger partial charge in [-0.05, 0) is 59.7 Å². The topological polar surface area (TPSA) is 391 Å². The van der Waals surface area contributed by atoms with Crippen LogP contribution in [0.3, 0.4) is 0 Å². The van der Waals surface area contributed by atoms with Crippen molar-refractivity contribution in [3.63, 3.8) is 0 Å². The molecule has 0 amide bonds. The molecule has 0 atom stereocenters. The summed E-state index contributed by atoms with van der Waals surface area (Å²) in [6, 6.07) is 24.8. The van der Waals surface area contributed by atoms with Gasteiger partial charge in [-0.3, -0.25) is 5.04 Å². The summed E-state index contributed by atoms with van der Waals surface area (Å²) in [7, 11) is -5.22. The molecule has 4 N–H and O–H groups in total. The summed E-state index contributed by atoms with van der Waals surface area (Å²) in [4.78, 5) is 71.9. The molecule has 0 aliphatic carbocycles. The molecule has 34 heteroatoms. The number of nitrogens with zero attached hydrogens (tertiary/aromatic N) is 8. The molecule has 0 aliphatic rings. The summed E-state index contributed by atoms with van der Waals surface area (Å²) < 4.78 is 42.4. The molecular formula is C40H30N12Na6O14S2. The van der Waals surface area contributed by atoms with Gasteiger partial charge in [0.1, 0.15) is 10.1 Å². The molecule has 26 nitrogen and oxygen atoms in total. The van der Waals surface area contributed by atoms with Crippen molar-refractivity contribution in [3.8, 4) is 0 Å². The van der Waals surface area contributed by atoms with E-state index < -0.39 is 77.0 Å². The second-order valence-electron chi connectivity index (χ2n) is 13.5. The second kappa shape index (κ2) is 35.1. The van der Waals surface area contributed by atoms with E-state index in [1.165, 1.54) is 42.5 Å². The number of nitrogens with one attached hydrogen (secondary N) is 4. The van der Waals surface area contributed by atoms with Gasteiger partial charge in [-0.25, -0.2) is 8.42 Å². The first kappa shape index (κ1) is 71.5. The van der Waals surface area contributed by atoms with E-state index in [4.69, 9.17) is 0 Å². The van der Waals surface area contributed by atoms with Crippen molar-refractivity contribution < 1.29 is 245 Å². The molecule has 74 heavy (non-hydrogen) atoms. The zero-order valence-corrected chi connectivity index (χ0v) is 54.0. The van der Waals surface area contributed by atoms with Gasteiger partial charge < -0.3 is 80.5 Å². The largest absolute Gasteiger partial charge is 1.00 e. The van der Waals surface area contributed by atoms with Crippen LogP contribution >= 0.6 is 12.0 Å². The zero-order chi connectivity index (χ0) is 48.8. The van der Waals surface area contributed by atoms with Crippen LogP contribution in [0.2, 0.25) is 0 Å². The minimum Gasteiger partial charge on any atom is -0.744 e. The van der Waals surface area contributed by atoms with Crippen LogP contribution in [0.15, 0.2) is 107 Å². The Balaban J connectivity index is 0.00000888. The summed E-state index contributed by atoms with van der Waals surface area (Å²) >= 11 is 0.424. The number of aliphatic carboxylic acids is 4. The maximum Gasteiger partial charge on any atom is 1.00 e. The van der Waals surface area contributed by atoms with Gasteiger partial charge in [-0.1, -0.05) is 60.7 Å². The fraction of sp³-hybridized carbons (Fsp3) is 0.100. The first-order chi connectivity index (χ1) is 32.5. The van der Waals surface area contributed by atoms with E-state index >= 15 is 0 Å². The van der Waals surface area contributed by atoms with Crippen LogP contribution < -0.4 is 234 Å². The predicted molar refractivity (Wildman–Crippen MR) is 228 cm³/mol. The molecular weight excluding hydrogens is 1070 g/mol. The van der Waals surface area contributed by atoms with Gasteiger partial charge in [0.05, 0.1) is 67.0 Å². The molecule has 2 aromatic heterocycles. The van der Waals surface area contributed by atoms with Crippen molar-refractivity contribution in [3.05, 3.63) is 108 Å². The van der Waals surface area contributed by atoms with Crippen molar-refractivity contribution in [2.75, 3.05) is 57.2 Å². The Morgan fingerprint density at radius 3 is 1.23 bits per heavy atom. The number of carboxylic acids is 4.